The summed E-state index contributed by atoms with van der Waals surface area (Å²) >= 11 is 0. The van der Waals surface area contributed by atoms with E-state index in [9.17, 15) is 13.6 Å². The molecule has 1 unspecified atom stereocenters. The Balaban J connectivity index is 1.55. The van der Waals surface area contributed by atoms with Gasteiger partial charge in [0.2, 0.25) is 5.88 Å². The zero-order valence-corrected chi connectivity index (χ0v) is 15.5. The predicted octanol–water partition coefficient (Wildman–Crippen LogP) is 3.50. The van der Waals surface area contributed by atoms with Gasteiger partial charge < -0.3 is 9.64 Å². The van der Waals surface area contributed by atoms with Crippen LogP contribution in [0.25, 0.3) is 11.4 Å². The molecular weight excluding hydrogens is 378 g/mol. The van der Waals surface area contributed by atoms with Gasteiger partial charge in [-0.2, -0.15) is 0 Å². The smallest absolute Gasteiger partial charge is 0.254 e. The van der Waals surface area contributed by atoms with Crippen LogP contribution in [-0.2, 0) is 0 Å². The minimum atomic E-state index is -0.553. The third-order valence-electron chi connectivity index (χ3n) is 4.69. The number of ether oxygens (including phenoxy) is 1. The Bertz CT molecular complexity index is 999. The lowest BCUT2D eigenvalue weighted by Gasteiger charge is -2.33. The van der Waals surface area contributed by atoms with Crippen molar-refractivity contribution < 1.29 is 18.3 Å². The molecule has 1 atom stereocenters. The maximum Gasteiger partial charge on any atom is 0.254 e. The number of halogens is 2. The van der Waals surface area contributed by atoms with E-state index in [0.29, 0.717) is 19.0 Å². The van der Waals surface area contributed by atoms with Crippen molar-refractivity contribution in [3.05, 3.63) is 72.2 Å². The van der Waals surface area contributed by atoms with Crippen LogP contribution in [0, 0.1) is 11.6 Å². The fourth-order valence-corrected chi connectivity index (χ4v) is 3.35. The van der Waals surface area contributed by atoms with Crippen LogP contribution >= 0.6 is 0 Å². The summed E-state index contributed by atoms with van der Waals surface area (Å²) < 4.78 is 33.4. The highest BCUT2D eigenvalue weighted by atomic mass is 19.1. The van der Waals surface area contributed by atoms with Gasteiger partial charge in [0.1, 0.15) is 17.7 Å². The molecule has 2 aromatic heterocycles. The second-order valence-corrected chi connectivity index (χ2v) is 6.68. The molecule has 3 heterocycles. The van der Waals surface area contributed by atoms with Crippen molar-refractivity contribution >= 4 is 5.91 Å². The van der Waals surface area contributed by atoms with E-state index in [4.69, 9.17) is 4.74 Å². The Morgan fingerprint density at radius 2 is 1.90 bits per heavy atom. The predicted molar refractivity (Wildman–Crippen MR) is 101 cm³/mol. The summed E-state index contributed by atoms with van der Waals surface area (Å²) in [5.41, 5.74) is 0.290. The molecule has 0 saturated carbocycles. The van der Waals surface area contributed by atoms with Gasteiger partial charge >= 0.3 is 0 Å². The number of nitrogens with zero attached hydrogens (tertiary/aromatic N) is 4. The monoisotopic (exact) mass is 396 g/mol. The summed E-state index contributed by atoms with van der Waals surface area (Å²) in [5, 5.41) is 0. The van der Waals surface area contributed by atoms with Gasteiger partial charge in [0.05, 0.1) is 23.9 Å². The molecule has 0 N–H and O–H groups in total. The number of pyridine rings is 1. The highest BCUT2D eigenvalue weighted by Gasteiger charge is 2.28. The number of aromatic nitrogens is 3. The third kappa shape index (κ3) is 4.21. The Morgan fingerprint density at radius 3 is 2.66 bits per heavy atom. The zero-order valence-electron chi connectivity index (χ0n) is 15.5. The minimum Gasteiger partial charge on any atom is -0.472 e. The Labute approximate surface area is 166 Å². The van der Waals surface area contributed by atoms with E-state index >= 15 is 0 Å². The Morgan fingerprint density at radius 1 is 1.07 bits per heavy atom. The number of amides is 1. The van der Waals surface area contributed by atoms with E-state index in [1.54, 1.807) is 17.0 Å². The van der Waals surface area contributed by atoms with Gasteiger partial charge in [-0.25, -0.2) is 23.7 Å². The summed E-state index contributed by atoms with van der Waals surface area (Å²) in [6.07, 6.45) is 5.27. The molecule has 1 amide bonds. The number of hydrogen-bond donors (Lipinski definition) is 0. The van der Waals surface area contributed by atoms with Crippen LogP contribution in [0.3, 0.4) is 0 Å². The van der Waals surface area contributed by atoms with E-state index in [1.807, 2.05) is 0 Å². The molecule has 1 fully saturated rings. The molecule has 4 rings (SSSR count). The van der Waals surface area contributed by atoms with Gasteiger partial charge in [-0.15, -0.1) is 0 Å². The van der Waals surface area contributed by atoms with E-state index in [0.717, 1.165) is 19.0 Å². The van der Waals surface area contributed by atoms with E-state index in [-0.39, 0.29) is 29.0 Å². The van der Waals surface area contributed by atoms with Crippen molar-refractivity contribution in [2.45, 2.75) is 18.9 Å². The first-order valence-corrected chi connectivity index (χ1v) is 9.25. The minimum absolute atomic E-state index is 0.0846. The van der Waals surface area contributed by atoms with Gasteiger partial charge in [-0.1, -0.05) is 6.07 Å². The molecule has 1 aromatic carbocycles. The van der Waals surface area contributed by atoms with Gasteiger partial charge in [0.15, 0.2) is 5.82 Å². The quantitative estimate of drug-likeness (QED) is 0.675. The molecular formula is C21H18F2N4O2. The van der Waals surface area contributed by atoms with Crippen LogP contribution in [0.2, 0.25) is 0 Å². The Hall–Kier alpha value is -3.42. The zero-order chi connectivity index (χ0) is 20.2. The second kappa shape index (κ2) is 8.30. The SMILES string of the molecule is O=C(c1cccc(F)c1-c1ncccn1)N1CCCC(Oc2ccc(F)cn2)C1. The number of likely N-dealkylation sites (tertiary alicyclic amines) is 1. The number of piperidine rings is 1. The van der Waals surface area contributed by atoms with Crippen molar-refractivity contribution in [1.82, 2.24) is 19.9 Å². The first-order chi connectivity index (χ1) is 14.1. The fraction of sp³-hybridized carbons (Fsp3) is 0.238. The second-order valence-electron chi connectivity index (χ2n) is 6.68. The molecule has 8 heteroatoms. The first-order valence-electron chi connectivity index (χ1n) is 9.25. The average Bonchev–Trinajstić information content (AvgIpc) is 2.75. The molecule has 148 valence electrons. The maximum absolute atomic E-state index is 14.5. The van der Waals surface area contributed by atoms with E-state index in [1.165, 1.54) is 36.7 Å². The molecule has 1 aliphatic heterocycles. The largest absolute Gasteiger partial charge is 0.472 e. The van der Waals surface area contributed by atoms with Crippen molar-refractivity contribution in [1.29, 1.82) is 0 Å². The molecule has 0 radical (unpaired) electrons. The van der Waals surface area contributed by atoms with Gasteiger partial charge in [0, 0.05) is 25.0 Å². The summed E-state index contributed by atoms with van der Waals surface area (Å²) in [7, 11) is 0. The maximum atomic E-state index is 14.5. The van der Waals surface area contributed by atoms with Crippen molar-refractivity contribution in [3.8, 4) is 17.3 Å². The van der Waals surface area contributed by atoms with Crippen LogP contribution in [0.1, 0.15) is 23.2 Å². The third-order valence-corrected chi connectivity index (χ3v) is 4.69. The fourth-order valence-electron chi connectivity index (χ4n) is 3.35. The molecule has 0 spiro atoms. The van der Waals surface area contributed by atoms with E-state index < -0.39 is 11.6 Å². The van der Waals surface area contributed by atoms with Crippen molar-refractivity contribution in [2.24, 2.45) is 0 Å². The van der Waals surface area contributed by atoms with Gasteiger partial charge in [0.25, 0.3) is 5.91 Å². The molecule has 0 bridgehead atoms. The van der Waals surface area contributed by atoms with Gasteiger partial charge in [-0.05, 0) is 37.1 Å². The number of rotatable bonds is 4. The van der Waals surface area contributed by atoms with Crippen molar-refractivity contribution in [3.63, 3.8) is 0 Å². The average molecular weight is 396 g/mol. The number of carbonyl (C=O) groups is 1. The summed E-state index contributed by atoms with van der Waals surface area (Å²) in [4.78, 5) is 26.9. The lowest BCUT2D eigenvalue weighted by atomic mass is 10.0. The summed E-state index contributed by atoms with van der Waals surface area (Å²) in [6.45, 7) is 0.852. The molecule has 3 aromatic rings. The van der Waals surface area contributed by atoms with E-state index in [2.05, 4.69) is 15.0 Å². The molecule has 6 nitrogen and oxygen atoms in total. The number of benzene rings is 1. The van der Waals surface area contributed by atoms with Crippen molar-refractivity contribution in [2.75, 3.05) is 13.1 Å². The first kappa shape index (κ1) is 18.9. The van der Waals surface area contributed by atoms with Crippen LogP contribution in [0.5, 0.6) is 5.88 Å². The van der Waals surface area contributed by atoms with Crippen LogP contribution < -0.4 is 4.74 Å². The topological polar surface area (TPSA) is 68.2 Å². The molecule has 29 heavy (non-hydrogen) atoms. The molecule has 1 aliphatic rings. The number of hydrogen-bond acceptors (Lipinski definition) is 5. The normalized spacial score (nSPS) is 16.5. The van der Waals surface area contributed by atoms with Crippen LogP contribution in [0.15, 0.2) is 55.0 Å². The molecule has 0 aliphatic carbocycles. The lowest BCUT2D eigenvalue weighted by molar-refractivity contribution is 0.0528. The number of carbonyl (C=O) groups excluding carboxylic acids is 1. The standard InChI is InChI=1S/C21H18F2N4O2/c22-14-7-8-18(26-12-14)29-15-4-2-11-27(13-15)21(28)16-5-1-6-17(23)19(16)20-24-9-3-10-25-20/h1,3,5-10,12,15H,2,4,11,13H2. The van der Waals surface area contributed by atoms with Gasteiger partial charge in [-0.3, -0.25) is 4.79 Å². The highest BCUT2D eigenvalue weighted by molar-refractivity contribution is 6.00. The van der Waals surface area contributed by atoms with Crippen LogP contribution in [-0.4, -0.2) is 45.0 Å². The molecule has 1 saturated heterocycles. The summed E-state index contributed by atoms with van der Waals surface area (Å²) in [6, 6.07) is 8.70. The Kier molecular flexibility index (Phi) is 5.41. The lowest BCUT2D eigenvalue weighted by Crippen LogP contribution is -2.44. The summed E-state index contributed by atoms with van der Waals surface area (Å²) in [5.74, 6) is -0.849. The van der Waals surface area contributed by atoms with Crippen LogP contribution in [0.4, 0.5) is 8.78 Å². The highest BCUT2D eigenvalue weighted by Crippen LogP contribution is 2.26.